The van der Waals surface area contributed by atoms with Crippen LogP contribution in [0, 0.1) is 6.92 Å². The molecule has 3 unspecified atom stereocenters. The first-order valence-corrected chi connectivity index (χ1v) is 19.0. The molecule has 0 radical (unpaired) electrons. The SMILES string of the molecule is Cc1ccc(C(=O)NC2CCC3=C2CC(c2cn4c(n2)CCC4)C=C3)cc1OCCCNC(=O)CNc1cccc2c1C(=O)N(C1CCC(=O)NC1=O)C2=O. The molecule has 4 N–H and O–H groups in total. The lowest BCUT2D eigenvalue weighted by Crippen LogP contribution is -2.54. The zero-order valence-corrected chi connectivity index (χ0v) is 30.6. The van der Waals surface area contributed by atoms with Crippen LogP contribution in [0.15, 0.2) is 65.9 Å². The lowest BCUT2D eigenvalue weighted by atomic mass is 9.87. The standard InChI is InChI=1S/C41H43N7O7/c1-23-8-9-26(38(51)45-29-13-12-24-10-11-25(19-28(24)29)31-22-47-17-3-7-34(47)44-31)20-33(23)55-18-4-16-42-36(50)21-43-30-6-2-5-27-37(30)41(54)48(40(27)53)32-14-15-35(49)46-39(32)52/h2,5-6,8-11,20,22,25,29,32,43H,3-4,7,12-19,21H2,1H3,(H,42,50)(H,45,51)(H,46,49,52). The van der Waals surface area contributed by atoms with Gasteiger partial charge in [0.2, 0.25) is 17.7 Å². The Bertz CT molecular complexity index is 2160. The number of carbonyl (C=O) groups excluding carboxylic acids is 6. The van der Waals surface area contributed by atoms with Crippen molar-refractivity contribution in [3.63, 3.8) is 0 Å². The molecule has 0 saturated carbocycles. The zero-order valence-electron chi connectivity index (χ0n) is 30.6. The Morgan fingerprint density at radius 3 is 2.75 bits per heavy atom. The highest BCUT2D eigenvalue weighted by Gasteiger charge is 2.45. The van der Waals surface area contributed by atoms with Crippen LogP contribution >= 0.6 is 0 Å². The van der Waals surface area contributed by atoms with E-state index in [2.05, 4.69) is 44.2 Å². The van der Waals surface area contributed by atoms with Crippen molar-refractivity contribution in [2.24, 2.45) is 0 Å². The maximum absolute atomic E-state index is 13.5. The molecule has 1 fully saturated rings. The lowest BCUT2D eigenvalue weighted by molar-refractivity contribution is -0.136. The first-order valence-electron chi connectivity index (χ1n) is 19.0. The average Bonchev–Trinajstić information content (AvgIpc) is 3.95. The first kappa shape index (κ1) is 36.0. The molecule has 3 aliphatic heterocycles. The molecular formula is C41H43N7O7. The smallest absolute Gasteiger partial charge is 0.264 e. The Morgan fingerprint density at radius 2 is 1.91 bits per heavy atom. The first-order chi connectivity index (χ1) is 26.6. The Balaban J connectivity index is 0.794. The highest BCUT2D eigenvalue weighted by molar-refractivity contribution is 6.25. The predicted octanol–water partition coefficient (Wildman–Crippen LogP) is 3.47. The number of imidazole rings is 1. The van der Waals surface area contributed by atoms with Crippen molar-refractivity contribution in [3.8, 4) is 5.75 Å². The Labute approximate surface area is 317 Å². The van der Waals surface area contributed by atoms with Gasteiger partial charge in [-0.15, -0.1) is 0 Å². The number of aromatic nitrogens is 2. The molecular weight excluding hydrogens is 702 g/mol. The number of rotatable bonds is 12. The fourth-order valence-electron chi connectivity index (χ4n) is 8.20. The molecule has 6 amide bonds. The van der Waals surface area contributed by atoms with E-state index >= 15 is 0 Å². The molecule has 14 heteroatoms. The molecule has 284 valence electrons. The Morgan fingerprint density at radius 1 is 1.04 bits per heavy atom. The van der Waals surface area contributed by atoms with Gasteiger partial charge in [-0.3, -0.25) is 39.0 Å². The van der Waals surface area contributed by atoms with Gasteiger partial charge in [-0.05, 0) is 86.4 Å². The van der Waals surface area contributed by atoms with Gasteiger partial charge in [-0.2, -0.15) is 0 Å². The molecule has 8 rings (SSSR count). The van der Waals surface area contributed by atoms with Crippen LogP contribution in [-0.2, 0) is 27.3 Å². The second-order valence-electron chi connectivity index (χ2n) is 14.7. The maximum Gasteiger partial charge on any atom is 0.264 e. The van der Waals surface area contributed by atoms with Crippen LogP contribution < -0.4 is 26.0 Å². The van der Waals surface area contributed by atoms with Crippen LogP contribution in [0.2, 0.25) is 0 Å². The van der Waals surface area contributed by atoms with Gasteiger partial charge in [0.25, 0.3) is 17.7 Å². The minimum Gasteiger partial charge on any atom is -0.493 e. The lowest BCUT2D eigenvalue weighted by Gasteiger charge is -2.27. The monoisotopic (exact) mass is 745 g/mol. The van der Waals surface area contributed by atoms with Crippen molar-refractivity contribution in [1.82, 2.24) is 30.4 Å². The number of aryl methyl sites for hydroxylation is 3. The zero-order chi connectivity index (χ0) is 38.2. The number of carbonyl (C=O) groups is 6. The quantitative estimate of drug-likeness (QED) is 0.160. The summed E-state index contributed by atoms with van der Waals surface area (Å²) >= 11 is 0. The maximum atomic E-state index is 13.5. The fourth-order valence-corrected chi connectivity index (χ4v) is 8.20. The summed E-state index contributed by atoms with van der Waals surface area (Å²) in [5.74, 6) is -0.885. The Kier molecular flexibility index (Phi) is 9.80. The number of benzene rings is 2. The van der Waals surface area contributed by atoms with Gasteiger partial charge in [-0.1, -0.05) is 24.3 Å². The van der Waals surface area contributed by atoms with Crippen LogP contribution in [0.5, 0.6) is 5.75 Å². The van der Waals surface area contributed by atoms with Crippen molar-refractivity contribution in [2.75, 3.05) is 25.0 Å². The minimum atomic E-state index is -1.08. The van der Waals surface area contributed by atoms with Crippen molar-refractivity contribution in [2.45, 2.75) is 82.8 Å². The summed E-state index contributed by atoms with van der Waals surface area (Å²) in [6.45, 7) is 3.43. The molecule has 1 saturated heterocycles. The number of fused-ring (bicyclic) bond motifs is 2. The molecule has 55 heavy (non-hydrogen) atoms. The van der Waals surface area contributed by atoms with E-state index in [1.807, 2.05) is 19.1 Å². The number of hydrogen-bond acceptors (Lipinski definition) is 9. The molecule has 4 heterocycles. The van der Waals surface area contributed by atoms with Crippen molar-refractivity contribution in [3.05, 3.63) is 99.7 Å². The second-order valence-corrected chi connectivity index (χ2v) is 14.7. The van der Waals surface area contributed by atoms with E-state index in [9.17, 15) is 28.8 Å². The number of ether oxygens (including phenoxy) is 1. The number of piperidine rings is 1. The van der Waals surface area contributed by atoms with Crippen molar-refractivity contribution >= 4 is 41.1 Å². The number of nitrogens with zero attached hydrogens (tertiary/aromatic N) is 3. The number of nitrogens with one attached hydrogen (secondary N) is 4. The van der Waals surface area contributed by atoms with Crippen molar-refractivity contribution in [1.29, 1.82) is 0 Å². The number of anilines is 1. The number of hydrogen-bond donors (Lipinski definition) is 4. The molecule has 3 aromatic rings. The molecule has 2 aromatic carbocycles. The molecule has 1 aromatic heterocycles. The summed E-state index contributed by atoms with van der Waals surface area (Å²) in [4.78, 5) is 82.3. The average molecular weight is 746 g/mol. The summed E-state index contributed by atoms with van der Waals surface area (Å²) in [6.07, 6.45) is 12.1. The van der Waals surface area contributed by atoms with Gasteiger partial charge in [0.1, 0.15) is 17.6 Å². The fraction of sp³-hybridized carbons (Fsp3) is 0.390. The van der Waals surface area contributed by atoms with E-state index < -0.39 is 29.7 Å². The molecule has 0 bridgehead atoms. The molecule has 2 aliphatic carbocycles. The minimum absolute atomic E-state index is 0.0218. The number of imide groups is 2. The van der Waals surface area contributed by atoms with Crippen molar-refractivity contribution < 1.29 is 33.5 Å². The molecule has 3 atom stereocenters. The van der Waals surface area contributed by atoms with Crippen LogP contribution in [0.4, 0.5) is 5.69 Å². The van der Waals surface area contributed by atoms with Crippen LogP contribution in [0.1, 0.15) is 99.0 Å². The summed E-state index contributed by atoms with van der Waals surface area (Å²) in [5.41, 5.74) is 5.65. The normalized spacial score (nSPS) is 21.3. The van der Waals surface area contributed by atoms with Crippen LogP contribution in [0.25, 0.3) is 0 Å². The van der Waals surface area contributed by atoms with E-state index in [1.165, 1.54) is 23.0 Å². The van der Waals surface area contributed by atoms with Crippen LogP contribution in [0.3, 0.4) is 0 Å². The van der Waals surface area contributed by atoms with Gasteiger partial charge in [0.15, 0.2) is 0 Å². The van der Waals surface area contributed by atoms with Gasteiger partial charge < -0.3 is 25.3 Å². The van der Waals surface area contributed by atoms with Gasteiger partial charge >= 0.3 is 0 Å². The predicted molar refractivity (Wildman–Crippen MR) is 200 cm³/mol. The number of amides is 6. The van der Waals surface area contributed by atoms with E-state index in [0.29, 0.717) is 36.6 Å². The largest absolute Gasteiger partial charge is 0.493 e. The molecule has 5 aliphatic rings. The van der Waals surface area contributed by atoms with E-state index in [-0.39, 0.29) is 54.3 Å². The number of allylic oxidation sites excluding steroid dienone is 3. The van der Waals surface area contributed by atoms with Gasteiger partial charge in [0.05, 0.1) is 36.0 Å². The summed E-state index contributed by atoms with van der Waals surface area (Å²) in [7, 11) is 0. The van der Waals surface area contributed by atoms with Gasteiger partial charge in [-0.25, -0.2) is 4.98 Å². The van der Waals surface area contributed by atoms with E-state index in [4.69, 9.17) is 9.72 Å². The van der Waals surface area contributed by atoms with Crippen LogP contribution in [-0.4, -0.2) is 81.7 Å². The highest BCUT2D eigenvalue weighted by Crippen LogP contribution is 2.40. The summed E-state index contributed by atoms with van der Waals surface area (Å²) in [6, 6.07) is 9.02. The summed E-state index contributed by atoms with van der Waals surface area (Å²) in [5, 5.41) is 11.2. The van der Waals surface area contributed by atoms with E-state index in [0.717, 1.165) is 54.8 Å². The molecule has 0 spiro atoms. The third kappa shape index (κ3) is 7.16. The Hall–Kier alpha value is -6.05. The highest BCUT2D eigenvalue weighted by atomic mass is 16.5. The third-order valence-electron chi connectivity index (χ3n) is 11.1. The van der Waals surface area contributed by atoms with E-state index in [1.54, 1.807) is 18.2 Å². The molecule has 14 nitrogen and oxygen atoms in total. The van der Waals surface area contributed by atoms with Gasteiger partial charge in [0, 0.05) is 49.3 Å². The topological polar surface area (TPSA) is 181 Å². The summed E-state index contributed by atoms with van der Waals surface area (Å²) < 4.78 is 8.30. The third-order valence-corrected chi connectivity index (χ3v) is 11.1. The second kappa shape index (κ2) is 15.0.